The highest BCUT2D eigenvalue weighted by atomic mass is 19.3. The lowest BCUT2D eigenvalue weighted by Crippen LogP contribution is -2.49. The predicted octanol–water partition coefficient (Wildman–Crippen LogP) is 1.81. The minimum Gasteiger partial charge on any atom is -0.474 e. The average molecular weight is 463 g/mol. The van der Waals surface area contributed by atoms with Gasteiger partial charge in [0.2, 0.25) is 23.7 Å². The van der Waals surface area contributed by atoms with Crippen molar-refractivity contribution >= 4 is 17.8 Å². The number of morpholine rings is 1. The lowest BCUT2D eigenvalue weighted by Gasteiger charge is -2.36. The fourth-order valence-corrected chi connectivity index (χ4v) is 3.76. The fraction of sp³-hybridized carbons (Fsp3) is 0.571. The zero-order chi connectivity index (χ0) is 23.6. The predicted molar refractivity (Wildman–Crippen MR) is 116 cm³/mol. The van der Waals surface area contributed by atoms with Crippen molar-refractivity contribution in [1.29, 1.82) is 0 Å². The van der Waals surface area contributed by atoms with Gasteiger partial charge in [-0.15, -0.1) is 0 Å². The van der Waals surface area contributed by atoms with Crippen LogP contribution in [0.15, 0.2) is 18.5 Å². The summed E-state index contributed by atoms with van der Waals surface area (Å²) < 4.78 is 37.6. The Hall–Kier alpha value is -3.15. The van der Waals surface area contributed by atoms with Crippen LogP contribution in [-0.4, -0.2) is 69.7 Å². The van der Waals surface area contributed by atoms with Crippen LogP contribution in [0, 0.1) is 0 Å². The summed E-state index contributed by atoms with van der Waals surface area (Å²) in [5.74, 6) is -2.65. The Kier molecular flexibility index (Phi) is 6.54. The van der Waals surface area contributed by atoms with Gasteiger partial charge >= 0.3 is 0 Å². The number of nitrogen functional groups attached to an aromatic ring is 1. The lowest BCUT2D eigenvalue weighted by molar-refractivity contribution is -0.129. The van der Waals surface area contributed by atoms with Gasteiger partial charge in [0.25, 0.3) is 5.92 Å². The molecule has 1 saturated heterocycles. The fourth-order valence-electron chi connectivity index (χ4n) is 3.76. The molecule has 0 aromatic carbocycles. The zero-order valence-electron chi connectivity index (χ0n) is 18.5. The Labute approximate surface area is 189 Å². The Morgan fingerprint density at radius 1 is 1.33 bits per heavy atom. The number of alkyl halides is 2. The third kappa shape index (κ3) is 6.01. The molecule has 10 nitrogen and oxygen atoms in total. The molecule has 2 aliphatic rings. The van der Waals surface area contributed by atoms with E-state index in [2.05, 4.69) is 25.3 Å². The van der Waals surface area contributed by atoms with Gasteiger partial charge in [-0.2, -0.15) is 4.98 Å². The third-order valence-corrected chi connectivity index (χ3v) is 5.50. The quantitative estimate of drug-likeness (QED) is 0.632. The number of hydrogen-bond acceptors (Lipinski definition) is 9. The molecule has 0 spiro atoms. The van der Waals surface area contributed by atoms with E-state index in [4.69, 9.17) is 15.2 Å². The molecule has 2 fully saturated rings. The van der Waals surface area contributed by atoms with Gasteiger partial charge in [0.15, 0.2) is 0 Å². The van der Waals surface area contributed by atoms with Crippen molar-refractivity contribution in [2.24, 2.45) is 0 Å². The number of hydrogen-bond donors (Lipinski definition) is 2. The van der Waals surface area contributed by atoms with Crippen molar-refractivity contribution in [1.82, 2.24) is 25.3 Å². The topological polar surface area (TPSA) is 128 Å². The van der Waals surface area contributed by atoms with Gasteiger partial charge in [-0.05, 0) is 13.8 Å². The van der Waals surface area contributed by atoms with Crippen molar-refractivity contribution in [3.05, 3.63) is 18.5 Å². The molecular formula is C21H27F2N7O3. The maximum Gasteiger partial charge on any atom is 0.254 e. The highest BCUT2D eigenvalue weighted by Gasteiger charge is 2.35. The lowest BCUT2D eigenvalue weighted by atomic mass is 9.89. The van der Waals surface area contributed by atoms with Gasteiger partial charge in [-0.25, -0.2) is 23.7 Å². The molecule has 0 radical (unpaired) electrons. The van der Waals surface area contributed by atoms with Crippen LogP contribution in [0.5, 0.6) is 5.88 Å². The summed E-state index contributed by atoms with van der Waals surface area (Å²) in [5, 5.41) is 2.62. The third-order valence-electron chi connectivity index (χ3n) is 5.50. The number of ether oxygens (including phenoxy) is 2. The Bertz CT molecular complexity index is 981. The van der Waals surface area contributed by atoms with Crippen LogP contribution < -0.4 is 20.7 Å². The summed E-state index contributed by atoms with van der Waals surface area (Å²) in [4.78, 5) is 31.1. The van der Waals surface area contributed by atoms with Crippen LogP contribution >= 0.6 is 0 Å². The van der Waals surface area contributed by atoms with Gasteiger partial charge in [-0.1, -0.05) is 0 Å². The van der Waals surface area contributed by atoms with E-state index in [9.17, 15) is 13.6 Å². The van der Waals surface area contributed by atoms with Crippen LogP contribution in [0.3, 0.4) is 0 Å². The average Bonchev–Trinajstić information content (AvgIpc) is 2.71. The molecule has 1 saturated carbocycles. The molecule has 2 aromatic rings. The Morgan fingerprint density at radius 2 is 2.06 bits per heavy atom. The van der Waals surface area contributed by atoms with E-state index < -0.39 is 18.3 Å². The molecule has 0 bridgehead atoms. The molecule has 0 unspecified atom stereocenters. The van der Waals surface area contributed by atoms with Gasteiger partial charge < -0.3 is 25.4 Å². The van der Waals surface area contributed by atoms with Crippen LogP contribution in [0.1, 0.15) is 33.1 Å². The highest BCUT2D eigenvalue weighted by Crippen LogP contribution is 2.30. The van der Waals surface area contributed by atoms with Crippen molar-refractivity contribution in [2.75, 3.05) is 30.4 Å². The van der Waals surface area contributed by atoms with Gasteiger partial charge in [0.05, 0.1) is 31.4 Å². The van der Waals surface area contributed by atoms with E-state index >= 15 is 0 Å². The second kappa shape index (κ2) is 9.38. The largest absolute Gasteiger partial charge is 0.474 e. The maximum absolute atomic E-state index is 13.0. The highest BCUT2D eigenvalue weighted by molar-refractivity contribution is 5.77. The molecule has 2 aromatic heterocycles. The molecule has 4 rings (SSSR count). The minimum atomic E-state index is -3.03. The number of nitrogens with two attached hydrogens (primary N) is 1. The van der Waals surface area contributed by atoms with E-state index in [1.807, 2.05) is 11.8 Å². The monoisotopic (exact) mass is 463 g/mol. The first kappa shape index (κ1) is 23.0. The molecule has 1 aliphatic heterocycles. The Morgan fingerprint density at radius 3 is 2.73 bits per heavy atom. The van der Waals surface area contributed by atoms with E-state index in [0.717, 1.165) is 6.92 Å². The second-order valence-electron chi connectivity index (χ2n) is 8.56. The summed E-state index contributed by atoms with van der Waals surface area (Å²) >= 11 is 0. The molecule has 1 atom stereocenters. The summed E-state index contributed by atoms with van der Waals surface area (Å²) in [6.07, 6.45) is 3.16. The number of carbonyl (C=O) groups is 1. The second-order valence-corrected chi connectivity index (χ2v) is 8.56. The van der Waals surface area contributed by atoms with Gasteiger partial charge in [0.1, 0.15) is 6.10 Å². The van der Waals surface area contributed by atoms with E-state index in [-0.39, 0.29) is 24.1 Å². The standard InChI is InChI=1S/C21H27F2N7O3/c1-12-11-32-4-3-30(12)20-28-16(13-9-25-19(24)26-10-13)7-18(29-20)33-15-5-14(6-15)27-17(31)8-21(2,22)23/h7,9-10,12,14-15H,3-6,8,11H2,1-2H3,(H,27,31)(H2,24,25,26)/t12-,14-,15-/m0/s1. The van der Waals surface area contributed by atoms with Crippen molar-refractivity contribution in [2.45, 2.75) is 57.2 Å². The molecule has 3 N–H and O–H groups in total. The normalized spacial score (nSPS) is 23.0. The molecule has 3 heterocycles. The number of amides is 1. The SMILES string of the molecule is C[C@H]1COCCN1c1nc(O[C@H]2C[C@H](NC(=O)CC(C)(F)F)C2)cc(-c2cnc(N)nc2)n1. The molecule has 1 aliphatic carbocycles. The van der Waals surface area contributed by atoms with Crippen LogP contribution in [0.25, 0.3) is 11.3 Å². The van der Waals surface area contributed by atoms with Crippen molar-refractivity contribution < 1.29 is 23.0 Å². The van der Waals surface area contributed by atoms with Crippen LogP contribution in [-0.2, 0) is 9.53 Å². The summed E-state index contributed by atoms with van der Waals surface area (Å²) in [6.45, 7) is 4.53. The maximum atomic E-state index is 13.0. The van der Waals surface area contributed by atoms with Gasteiger partial charge in [0, 0.05) is 49.5 Å². The molecule has 12 heteroatoms. The number of halogens is 2. The van der Waals surface area contributed by atoms with E-state index in [0.29, 0.717) is 55.7 Å². The molecule has 1 amide bonds. The van der Waals surface area contributed by atoms with Crippen molar-refractivity contribution in [3.63, 3.8) is 0 Å². The first-order chi connectivity index (χ1) is 15.7. The molecule has 178 valence electrons. The molecule has 33 heavy (non-hydrogen) atoms. The number of nitrogens with zero attached hydrogens (tertiary/aromatic N) is 5. The van der Waals surface area contributed by atoms with E-state index in [1.165, 1.54) is 0 Å². The van der Waals surface area contributed by atoms with Crippen LogP contribution in [0.2, 0.25) is 0 Å². The van der Waals surface area contributed by atoms with E-state index in [1.54, 1.807) is 18.5 Å². The van der Waals surface area contributed by atoms with Crippen LogP contribution in [0.4, 0.5) is 20.7 Å². The van der Waals surface area contributed by atoms with Crippen molar-refractivity contribution in [3.8, 4) is 17.1 Å². The minimum absolute atomic E-state index is 0.0875. The molecular weight excluding hydrogens is 436 g/mol. The number of anilines is 2. The first-order valence-corrected chi connectivity index (χ1v) is 10.8. The van der Waals surface area contributed by atoms with Gasteiger partial charge in [-0.3, -0.25) is 4.79 Å². The number of nitrogens with one attached hydrogen (secondary N) is 1. The number of aromatic nitrogens is 4. The first-order valence-electron chi connectivity index (χ1n) is 10.8. The number of carbonyl (C=O) groups excluding carboxylic acids is 1. The smallest absolute Gasteiger partial charge is 0.254 e. The Balaban J connectivity index is 1.47. The zero-order valence-corrected chi connectivity index (χ0v) is 18.5. The number of rotatable bonds is 7. The summed E-state index contributed by atoms with van der Waals surface area (Å²) in [7, 11) is 0. The summed E-state index contributed by atoms with van der Waals surface area (Å²) in [6, 6.07) is 1.59. The summed E-state index contributed by atoms with van der Waals surface area (Å²) in [5.41, 5.74) is 6.85.